The molecule has 0 aliphatic rings. The van der Waals surface area contributed by atoms with Crippen molar-refractivity contribution in [3.63, 3.8) is 0 Å². The molecule has 0 fully saturated rings. The number of thiazole rings is 1. The molecule has 0 bridgehead atoms. The van der Waals surface area contributed by atoms with Gasteiger partial charge in [0.05, 0.1) is 16.6 Å². The molecule has 0 radical (unpaired) electrons. The van der Waals surface area contributed by atoms with Crippen LogP contribution in [-0.4, -0.2) is 54.8 Å². The van der Waals surface area contributed by atoms with Crippen LogP contribution in [0.4, 0.5) is 0 Å². The molecule has 3 aromatic rings. The molecule has 1 aromatic heterocycles. The van der Waals surface area contributed by atoms with Crippen molar-refractivity contribution in [3.8, 4) is 11.1 Å². The summed E-state index contributed by atoms with van der Waals surface area (Å²) in [5.74, 6) is -0.624. The van der Waals surface area contributed by atoms with Crippen LogP contribution in [0.25, 0.3) is 21.3 Å². The van der Waals surface area contributed by atoms with Gasteiger partial charge in [0.25, 0.3) is 0 Å². The Labute approximate surface area is 179 Å². The predicted octanol–water partition coefficient (Wildman–Crippen LogP) is 3.54. The molecule has 156 valence electrons. The van der Waals surface area contributed by atoms with Crippen LogP contribution in [0.15, 0.2) is 48.5 Å². The van der Waals surface area contributed by atoms with Crippen LogP contribution >= 0.6 is 11.3 Å². The number of amides is 1. The molecule has 0 unspecified atom stereocenters. The quantitative estimate of drug-likeness (QED) is 0.381. The Bertz CT molecular complexity index is 1050. The van der Waals surface area contributed by atoms with E-state index in [4.69, 9.17) is 15.6 Å². The van der Waals surface area contributed by atoms with E-state index in [-0.39, 0.29) is 30.5 Å². The lowest BCUT2D eigenvalue weighted by Gasteiger charge is -2.11. The molecule has 3 N–H and O–H groups in total. The Morgan fingerprint density at radius 1 is 1.10 bits per heavy atom. The van der Waals surface area contributed by atoms with E-state index in [9.17, 15) is 4.79 Å². The second-order valence-electron chi connectivity index (χ2n) is 7.11. The van der Waals surface area contributed by atoms with Gasteiger partial charge in [-0.05, 0) is 37.4 Å². The van der Waals surface area contributed by atoms with Gasteiger partial charge in [-0.3, -0.25) is 15.6 Å². The summed E-state index contributed by atoms with van der Waals surface area (Å²) in [6.07, 6.45) is 0.000728. The third-order valence-electron chi connectivity index (χ3n) is 4.30. The summed E-state index contributed by atoms with van der Waals surface area (Å²) in [6, 6.07) is 16.2. The summed E-state index contributed by atoms with van der Waals surface area (Å²) in [5, 5.41) is 19.3. The van der Waals surface area contributed by atoms with E-state index in [1.165, 1.54) is 11.3 Å². The average molecular weight is 424 g/mol. The molecule has 0 saturated carbocycles. The van der Waals surface area contributed by atoms with Crippen LogP contribution < -0.4 is 5.32 Å². The monoisotopic (exact) mass is 423 g/mol. The lowest BCUT2D eigenvalue weighted by Crippen LogP contribution is -2.33. The first-order chi connectivity index (χ1) is 14.4. The van der Waals surface area contributed by atoms with Crippen molar-refractivity contribution < 1.29 is 9.53 Å². The first-order valence-electron chi connectivity index (χ1n) is 9.59. The molecule has 8 heteroatoms. The highest BCUT2D eigenvalue weighted by Gasteiger charge is 2.13. The number of ether oxygens (including phenoxy) is 1. The molecule has 0 atom stereocenters. The predicted molar refractivity (Wildman–Crippen MR) is 121 cm³/mol. The lowest BCUT2D eigenvalue weighted by atomic mass is 10.1. The van der Waals surface area contributed by atoms with Gasteiger partial charge in [0.2, 0.25) is 5.91 Å². The second kappa shape index (κ2) is 10.1. The molecule has 1 amide bonds. The number of hydrogen-bond donors (Lipinski definition) is 3. The largest absolute Gasteiger partial charge is 0.429 e. The summed E-state index contributed by atoms with van der Waals surface area (Å²) in [5.41, 5.74) is 3.13. The Hall–Kier alpha value is -3.10. The van der Waals surface area contributed by atoms with Gasteiger partial charge in [0, 0.05) is 13.1 Å². The van der Waals surface area contributed by atoms with Crippen molar-refractivity contribution in [1.29, 1.82) is 10.8 Å². The Kier molecular flexibility index (Phi) is 7.26. The zero-order valence-electron chi connectivity index (χ0n) is 17.1. The van der Waals surface area contributed by atoms with Crippen LogP contribution in [0.5, 0.6) is 0 Å². The maximum atomic E-state index is 11.8. The SMILES string of the molecule is CN(C)CCNC(=O)CC(=N)OC(=N)Cc1nc2ccc(-c3ccccc3)cc2s1. The molecule has 30 heavy (non-hydrogen) atoms. The molecule has 1 heterocycles. The van der Waals surface area contributed by atoms with Crippen LogP contribution in [0.1, 0.15) is 11.4 Å². The van der Waals surface area contributed by atoms with E-state index in [1.54, 1.807) is 0 Å². The highest BCUT2D eigenvalue weighted by molar-refractivity contribution is 7.18. The van der Waals surface area contributed by atoms with Crippen molar-refractivity contribution in [3.05, 3.63) is 53.5 Å². The molecule has 7 nitrogen and oxygen atoms in total. The van der Waals surface area contributed by atoms with Gasteiger partial charge in [-0.15, -0.1) is 11.3 Å². The summed E-state index contributed by atoms with van der Waals surface area (Å²) < 4.78 is 6.24. The Morgan fingerprint density at radius 2 is 1.87 bits per heavy atom. The molecule has 0 saturated heterocycles. The van der Waals surface area contributed by atoms with Gasteiger partial charge < -0.3 is 15.0 Å². The number of aromatic nitrogens is 1. The Balaban J connectivity index is 1.54. The van der Waals surface area contributed by atoms with Gasteiger partial charge in [0.1, 0.15) is 11.4 Å². The Morgan fingerprint density at radius 3 is 2.60 bits per heavy atom. The first kappa shape index (κ1) is 21.6. The fourth-order valence-electron chi connectivity index (χ4n) is 2.84. The normalized spacial score (nSPS) is 10.9. The molecule has 0 aliphatic carbocycles. The number of rotatable bonds is 8. The number of hydrogen-bond acceptors (Lipinski definition) is 7. The van der Waals surface area contributed by atoms with Crippen molar-refractivity contribution in [2.75, 3.05) is 27.2 Å². The third kappa shape index (κ3) is 6.20. The molecule has 2 aromatic carbocycles. The van der Waals surface area contributed by atoms with Gasteiger partial charge in [-0.2, -0.15) is 0 Å². The summed E-state index contributed by atoms with van der Waals surface area (Å²) in [4.78, 5) is 18.3. The number of fused-ring (bicyclic) bond motifs is 1. The minimum atomic E-state index is -0.289. The molecule has 3 rings (SSSR count). The standard InChI is InChI=1S/C22H25N5O2S/c1-27(2)11-10-25-21(28)13-19(23)29-20(24)14-22-26-17-9-8-16(12-18(17)30-22)15-6-4-3-5-7-15/h3-9,12,23-24H,10-11,13-14H2,1-2H3,(H,25,28). The maximum absolute atomic E-state index is 11.8. The van der Waals surface area contributed by atoms with Gasteiger partial charge in [0.15, 0.2) is 11.8 Å². The van der Waals surface area contributed by atoms with Crippen molar-refractivity contribution in [2.45, 2.75) is 12.8 Å². The molecule has 0 spiro atoms. The lowest BCUT2D eigenvalue weighted by molar-refractivity contribution is -0.120. The van der Waals surface area contributed by atoms with E-state index in [1.807, 2.05) is 49.3 Å². The van der Waals surface area contributed by atoms with Gasteiger partial charge in [-0.25, -0.2) is 4.98 Å². The number of nitrogens with zero attached hydrogens (tertiary/aromatic N) is 2. The fraction of sp³-hybridized carbons (Fsp3) is 0.273. The topological polar surface area (TPSA) is 102 Å². The highest BCUT2D eigenvalue weighted by Crippen LogP contribution is 2.28. The summed E-state index contributed by atoms with van der Waals surface area (Å²) in [6.45, 7) is 1.23. The zero-order valence-corrected chi connectivity index (χ0v) is 17.9. The van der Waals surface area contributed by atoms with Crippen molar-refractivity contribution >= 4 is 39.3 Å². The maximum Gasteiger partial charge on any atom is 0.229 e. The van der Waals surface area contributed by atoms with Crippen molar-refractivity contribution in [2.24, 2.45) is 0 Å². The minimum Gasteiger partial charge on any atom is -0.429 e. The van der Waals surface area contributed by atoms with E-state index in [2.05, 4.69) is 28.5 Å². The van der Waals surface area contributed by atoms with E-state index >= 15 is 0 Å². The van der Waals surface area contributed by atoms with E-state index in [0.717, 1.165) is 32.9 Å². The highest BCUT2D eigenvalue weighted by atomic mass is 32.1. The zero-order chi connectivity index (χ0) is 21.5. The number of benzene rings is 2. The minimum absolute atomic E-state index is 0.0940. The number of likely N-dealkylation sites (N-methyl/N-ethyl adjacent to an activating group) is 1. The van der Waals surface area contributed by atoms with Gasteiger partial charge in [-0.1, -0.05) is 36.4 Å². The molecular formula is C22H25N5O2S. The van der Waals surface area contributed by atoms with Crippen LogP contribution in [0.3, 0.4) is 0 Å². The molecule has 0 aliphatic heterocycles. The van der Waals surface area contributed by atoms with Crippen LogP contribution in [-0.2, 0) is 16.0 Å². The van der Waals surface area contributed by atoms with Crippen molar-refractivity contribution in [1.82, 2.24) is 15.2 Å². The van der Waals surface area contributed by atoms with E-state index in [0.29, 0.717) is 6.54 Å². The number of carbonyl (C=O) groups excluding carboxylic acids is 1. The number of nitrogens with one attached hydrogen (secondary N) is 3. The smallest absolute Gasteiger partial charge is 0.229 e. The van der Waals surface area contributed by atoms with Crippen LogP contribution in [0, 0.1) is 10.8 Å². The van der Waals surface area contributed by atoms with Crippen LogP contribution in [0.2, 0.25) is 0 Å². The fourth-order valence-corrected chi connectivity index (χ4v) is 3.85. The summed E-state index contributed by atoms with van der Waals surface area (Å²) in [7, 11) is 3.84. The van der Waals surface area contributed by atoms with Gasteiger partial charge >= 0.3 is 0 Å². The summed E-state index contributed by atoms with van der Waals surface area (Å²) >= 11 is 1.50. The third-order valence-corrected chi connectivity index (χ3v) is 5.32. The molecular weight excluding hydrogens is 398 g/mol. The van der Waals surface area contributed by atoms with E-state index < -0.39 is 0 Å². The first-order valence-corrected chi connectivity index (χ1v) is 10.4. The second-order valence-corrected chi connectivity index (χ2v) is 8.23. The number of carbonyl (C=O) groups is 1. The average Bonchev–Trinajstić information content (AvgIpc) is 3.09.